The highest BCUT2D eigenvalue weighted by Gasteiger charge is 2.27. The lowest BCUT2D eigenvalue weighted by Gasteiger charge is -2.22. The standard InChI is InChI=1S/C14H26N2O3/c1-4-5-6-7-13(19-11(2)17)9-8-12-10-15-14(18)16(12)3/h12-13H,4-10H2,1-3H3,(H,15,18). The first kappa shape index (κ1) is 15.8. The zero-order chi connectivity index (χ0) is 14.3. The molecule has 0 radical (unpaired) electrons. The van der Waals surface area contributed by atoms with Crippen LogP contribution in [0, 0.1) is 0 Å². The Hall–Kier alpha value is -1.26. The van der Waals surface area contributed by atoms with Crippen molar-refractivity contribution in [3.8, 4) is 0 Å². The van der Waals surface area contributed by atoms with Gasteiger partial charge in [-0.1, -0.05) is 19.8 Å². The van der Waals surface area contributed by atoms with Gasteiger partial charge in [-0.25, -0.2) is 4.79 Å². The summed E-state index contributed by atoms with van der Waals surface area (Å²) < 4.78 is 5.36. The minimum Gasteiger partial charge on any atom is -0.463 e. The molecule has 0 aliphatic carbocycles. The number of esters is 1. The molecule has 1 aliphatic heterocycles. The topological polar surface area (TPSA) is 58.6 Å². The third-order valence-corrected chi connectivity index (χ3v) is 3.64. The molecule has 1 saturated heterocycles. The third-order valence-electron chi connectivity index (χ3n) is 3.64. The van der Waals surface area contributed by atoms with Crippen LogP contribution in [0.5, 0.6) is 0 Å². The Morgan fingerprint density at radius 2 is 2.21 bits per heavy atom. The van der Waals surface area contributed by atoms with E-state index in [9.17, 15) is 9.59 Å². The first-order valence-electron chi connectivity index (χ1n) is 7.22. The Balaban J connectivity index is 2.34. The maximum atomic E-state index is 11.3. The van der Waals surface area contributed by atoms with Crippen molar-refractivity contribution in [1.82, 2.24) is 10.2 Å². The minimum absolute atomic E-state index is 0.00634. The van der Waals surface area contributed by atoms with Crippen LogP contribution >= 0.6 is 0 Å². The number of likely N-dealkylation sites (N-methyl/N-ethyl adjacent to an activating group) is 1. The quantitative estimate of drug-likeness (QED) is 0.544. The van der Waals surface area contributed by atoms with Crippen molar-refractivity contribution < 1.29 is 14.3 Å². The molecule has 1 heterocycles. The fourth-order valence-corrected chi connectivity index (χ4v) is 2.43. The molecule has 1 aliphatic rings. The van der Waals surface area contributed by atoms with E-state index >= 15 is 0 Å². The molecular weight excluding hydrogens is 244 g/mol. The lowest BCUT2D eigenvalue weighted by Crippen LogP contribution is -2.31. The Kier molecular flexibility index (Phi) is 6.67. The van der Waals surface area contributed by atoms with E-state index in [1.54, 1.807) is 4.90 Å². The molecule has 5 nitrogen and oxygen atoms in total. The summed E-state index contributed by atoms with van der Waals surface area (Å²) >= 11 is 0. The largest absolute Gasteiger partial charge is 0.463 e. The second-order valence-corrected chi connectivity index (χ2v) is 5.26. The van der Waals surface area contributed by atoms with Gasteiger partial charge in [0.25, 0.3) is 0 Å². The van der Waals surface area contributed by atoms with Gasteiger partial charge in [0, 0.05) is 20.5 Å². The number of unbranched alkanes of at least 4 members (excludes halogenated alkanes) is 2. The number of ether oxygens (including phenoxy) is 1. The Morgan fingerprint density at radius 3 is 2.74 bits per heavy atom. The fourth-order valence-electron chi connectivity index (χ4n) is 2.43. The van der Waals surface area contributed by atoms with Gasteiger partial charge in [0.1, 0.15) is 6.10 Å². The zero-order valence-electron chi connectivity index (χ0n) is 12.3. The highest BCUT2D eigenvalue weighted by molar-refractivity contribution is 5.76. The van der Waals surface area contributed by atoms with Crippen molar-refractivity contribution in [2.24, 2.45) is 0 Å². The van der Waals surface area contributed by atoms with E-state index in [1.165, 1.54) is 13.3 Å². The van der Waals surface area contributed by atoms with Gasteiger partial charge in [-0.05, 0) is 25.7 Å². The molecule has 2 amide bonds. The van der Waals surface area contributed by atoms with E-state index in [0.29, 0.717) is 6.54 Å². The first-order chi connectivity index (χ1) is 9.04. The van der Waals surface area contributed by atoms with Gasteiger partial charge in [0.05, 0.1) is 6.04 Å². The number of hydrogen-bond donors (Lipinski definition) is 1. The molecule has 0 aromatic carbocycles. The maximum absolute atomic E-state index is 11.3. The summed E-state index contributed by atoms with van der Waals surface area (Å²) in [5.74, 6) is -0.213. The van der Waals surface area contributed by atoms with E-state index in [0.717, 1.165) is 32.1 Å². The van der Waals surface area contributed by atoms with Crippen molar-refractivity contribution in [2.75, 3.05) is 13.6 Å². The number of carbonyl (C=O) groups excluding carboxylic acids is 2. The predicted octanol–water partition coefficient (Wildman–Crippen LogP) is 2.30. The van der Waals surface area contributed by atoms with Crippen LogP contribution in [0.1, 0.15) is 52.4 Å². The third kappa shape index (κ3) is 5.49. The molecule has 1 N–H and O–H groups in total. The van der Waals surface area contributed by atoms with Gasteiger partial charge in [0.15, 0.2) is 0 Å². The summed E-state index contributed by atoms with van der Waals surface area (Å²) in [5.41, 5.74) is 0. The van der Waals surface area contributed by atoms with Crippen molar-refractivity contribution in [1.29, 1.82) is 0 Å². The normalized spacial score (nSPS) is 20.3. The highest BCUT2D eigenvalue weighted by atomic mass is 16.5. The van der Waals surface area contributed by atoms with E-state index in [-0.39, 0.29) is 24.1 Å². The minimum atomic E-state index is -0.213. The van der Waals surface area contributed by atoms with Crippen molar-refractivity contribution in [3.05, 3.63) is 0 Å². The van der Waals surface area contributed by atoms with Crippen molar-refractivity contribution in [2.45, 2.75) is 64.5 Å². The number of urea groups is 1. The molecule has 19 heavy (non-hydrogen) atoms. The summed E-state index contributed by atoms with van der Waals surface area (Å²) in [7, 11) is 1.81. The molecule has 2 unspecified atom stereocenters. The Bertz CT molecular complexity index is 307. The smallest absolute Gasteiger partial charge is 0.317 e. The van der Waals surface area contributed by atoms with Gasteiger partial charge >= 0.3 is 12.0 Å². The van der Waals surface area contributed by atoms with Crippen LogP contribution in [0.4, 0.5) is 4.79 Å². The molecule has 0 aromatic rings. The molecular formula is C14H26N2O3. The SMILES string of the molecule is CCCCCC(CCC1CNC(=O)N1C)OC(C)=O. The molecule has 2 atom stereocenters. The summed E-state index contributed by atoms with van der Waals surface area (Å²) in [6.07, 6.45) is 6.04. The van der Waals surface area contributed by atoms with Crippen LogP contribution in [-0.4, -0.2) is 42.6 Å². The Morgan fingerprint density at radius 1 is 1.47 bits per heavy atom. The van der Waals surface area contributed by atoms with Gasteiger partial charge in [-0.3, -0.25) is 4.79 Å². The molecule has 1 fully saturated rings. The maximum Gasteiger partial charge on any atom is 0.317 e. The predicted molar refractivity (Wildman–Crippen MR) is 73.9 cm³/mol. The van der Waals surface area contributed by atoms with E-state index in [1.807, 2.05) is 7.05 Å². The molecule has 0 bridgehead atoms. The van der Waals surface area contributed by atoms with Crippen LogP contribution in [-0.2, 0) is 9.53 Å². The van der Waals surface area contributed by atoms with E-state index in [2.05, 4.69) is 12.2 Å². The summed E-state index contributed by atoms with van der Waals surface area (Å²) in [4.78, 5) is 24.2. The van der Waals surface area contributed by atoms with Gasteiger partial charge in [0.2, 0.25) is 0 Å². The second kappa shape index (κ2) is 8.02. The zero-order valence-corrected chi connectivity index (χ0v) is 12.3. The van der Waals surface area contributed by atoms with Crippen molar-refractivity contribution >= 4 is 12.0 Å². The van der Waals surface area contributed by atoms with Gasteiger partial charge in [-0.2, -0.15) is 0 Å². The molecule has 1 rings (SSSR count). The lowest BCUT2D eigenvalue weighted by molar-refractivity contribution is -0.147. The molecule has 0 aromatic heterocycles. The first-order valence-corrected chi connectivity index (χ1v) is 7.22. The number of amides is 2. The molecule has 0 spiro atoms. The number of rotatable bonds is 8. The van der Waals surface area contributed by atoms with Crippen LogP contribution in [0.15, 0.2) is 0 Å². The number of nitrogens with one attached hydrogen (secondary N) is 1. The average Bonchev–Trinajstić information content (AvgIpc) is 2.67. The van der Waals surface area contributed by atoms with Crippen LogP contribution in [0.2, 0.25) is 0 Å². The van der Waals surface area contributed by atoms with E-state index < -0.39 is 0 Å². The van der Waals surface area contributed by atoms with Crippen molar-refractivity contribution in [3.63, 3.8) is 0 Å². The van der Waals surface area contributed by atoms with Gasteiger partial charge in [-0.15, -0.1) is 0 Å². The second-order valence-electron chi connectivity index (χ2n) is 5.26. The fraction of sp³-hybridized carbons (Fsp3) is 0.857. The summed E-state index contributed by atoms with van der Waals surface area (Å²) in [6, 6.07) is 0.205. The number of carbonyl (C=O) groups is 2. The average molecular weight is 270 g/mol. The Labute approximate surface area is 115 Å². The van der Waals surface area contributed by atoms with Gasteiger partial charge < -0.3 is 15.0 Å². The number of nitrogens with zero attached hydrogens (tertiary/aromatic N) is 1. The van der Waals surface area contributed by atoms with Crippen LogP contribution in [0.25, 0.3) is 0 Å². The monoisotopic (exact) mass is 270 g/mol. The molecule has 110 valence electrons. The lowest BCUT2D eigenvalue weighted by atomic mass is 10.0. The van der Waals surface area contributed by atoms with Crippen LogP contribution in [0.3, 0.4) is 0 Å². The number of hydrogen-bond acceptors (Lipinski definition) is 3. The molecule has 0 saturated carbocycles. The molecule has 5 heteroatoms. The van der Waals surface area contributed by atoms with E-state index in [4.69, 9.17) is 4.74 Å². The summed E-state index contributed by atoms with van der Waals surface area (Å²) in [5, 5.41) is 2.82. The highest BCUT2D eigenvalue weighted by Crippen LogP contribution is 2.17. The summed E-state index contributed by atoms with van der Waals surface area (Å²) in [6.45, 7) is 4.31. The van der Waals surface area contributed by atoms with Crippen LogP contribution < -0.4 is 5.32 Å².